The van der Waals surface area contributed by atoms with Gasteiger partial charge in [-0.25, -0.2) is 4.79 Å². The predicted molar refractivity (Wildman–Crippen MR) is 101 cm³/mol. The van der Waals surface area contributed by atoms with Crippen LogP contribution in [0.15, 0.2) is 41.8 Å². The van der Waals surface area contributed by atoms with Gasteiger partial charge in [0.2, 0.25) is 0 Å². The van der Waals surface area contributed by atoms with E-state index in [0.717, 1.165) is 16.7 Å². The van der Waals surface area contributed by atoms with Gasteiger partial charge in [0.1, 0.15) is 0 Å². The molecule has 0 radical (unpaired) electrons. The van der Waals surface area contributed by atoms with Crippen molar-refractivity contribution in [3.05, 3.63) is 69.6 Å². The highest BCUT2D eigenvalue weighted by molar-refractivity contribution is 7.13. The lowest BCUT2D eigenvalue weighted by Crippen LogP contribution is -2.03. The van der Waals surface area contributed by atoms with E-state index in [2.05, 4.69) is 43.5 Å². The number of thiophene rings is 1. The third-order valence-electron chi connectivity index (χ3n) is 4.37. The van der Waals surface area contributed by atoms with Crippen LogP contribution in [0.1, 0.15) is 32.6 Å². The van der Waals surface area contributed by atoms with Gasteiger partial charge < -0.3 is 5.11 Å². The topological polar surface area (TPSA) is 37.3 Å². The maximum Gasteiger partial charge on any atom is 0.336 e. The van der Waals surface area contributed by atoms with Crippen molar-refractivity contribution in [3.63, 3.8) is 0 Å². The molecule has 1 heterocycles. The van der Waals surface area contributed by atoms with Crippen LogP contribution in [-0.2, 0) is 0 Å². The lowest BCUT2D eigenvalue weighted by molar-refractivity contribution is 0.0695. The quantitative estimate of drug-likeness (QED) is 0.635. The number of aryl methyl sites for hydroxylation is 4. The number of carboxylic acid groups (broad SMARTS) is 1. The van der Waals surface area contributed by atoms with Gasteiger partial charge in [-0.3, -0.25) is 0 Å². The summed E-state index contributed by atoms with van der Waals surface area (Å²) in [7, 11) is 0. The first-order chi connectivity index (χ1) is 11.4. The summed E-state index contributed by atoms with van der Waals surface area (Å²) >= 11 is 1.74. The van der Waals surface area contributed by atoms with Crippen LogP contribution in [0.2, 0.25) is 0 Å². The summed E-state index contributed by atoms with van der Waals surface area (Å²) in [6.45, 7) is 7.97. The molecule has 0 aliphatic rings. The van der Waals surface area contributed by atoms with E-state index in [4.69, 9.17) is 0 Å². The van der Waals surface area contributed by atoms with Crippen LogP contribution >= 0.6 is 11.3 Å². The van der Waals surface area contributed by atoms with Gasteiger partial charge >= 0.3 is 5.97 Å². The number of benzene rings is 2. The molecular weight excluding hydrogens is 316 g/mol. The van der Waals surface area contributed by atoms with E-state index in [9.17, 15) is 9.90 Å². The zero-order valence-corrected chi connectivity index (χ0v) is 15.1. The molecule has 0 aliphatic carbocycles. The SMILES string of the molecule is Cc1cc(-c2c(C)cc(-c3cccs3)cc2C)cc(C)c1C(=O)O. The van der Waals surface area contributed by atoms with Gasteiger partial charge in [-0.1, -0.05) is 18.2 Å². The molecule has 2 nitrogen and oxygen atoms in total. The van der Waals surface area contributed by atoms with Crippen LogP contribution in [0, 0.1) is 27.7 Å². The lowest BCUT2D eigenvalue weighted by Gasteiger charge is -2.15. The molecule has 0 fully saturated rings. The Morgan fingerprint density at radius 3 is 1.88 bits per heavy atom. The molecule has 24 heavy (non-hydrogen) atoms. The number of hydrogen-bond donors (Lipinski definition) is 1. The van der Waals surface area contributed by atoms with Crippen LogP contribution in [-0.4, -0.2) is 11.1 Å². The Balaban J connectivity index is 2.15. The standard InChI is InChI=1S/C21H20O2S/c1-12-8-16(18-6-5-7-24-18)9-13(2)19(12)17-10-14(3)20(21(22)23)15(4)11-17/h5-11H,1-4H3,(H,22,23). The number of hydrogen-bond acceptors (Lipinski definition) is 2. The highest BCUT2D eigenvalue weighted by Crippen LogP contribution is 2.35. The van der Waals surface area contributed by atoms with Crippen molar-refractivity contribution in [2.75, 3.05) is 0 Å². The fraction of sp³-hybridized carbons (Fsp3) is 0.190. The van der Waals surface area contributed by atoms with Gasteiger partial charge in [0.25, 0.3) is 0 Å². The van der Waals surface area contributed by atoms with E-state index in [0.29, 0.717) is 5.56 Å². The first-order valence-electron chi connectivity index (χ1n) is 7.88. The Labute approximate surface area is 146 Å². The number of carbonyl (C=O) groups is 1. The molecule has 3 aromatic rings. The summed E-state index contributed by atoms with van der Waals surface area (Å²) in [6.07, 6.45) is 0. The van der Waals surface area contributed by atoms with Crippen molar-refractivity contribution in [2.24, 2.45) is 0 Å². The molecule has 0 aliphatic heterocycles. The Morgan fingerprint density at radius 2 is 1.42 bits per heavy atom. The fourth-order valence-corrected chi connectivity index (χ4v) is 4.16. The van der Waals surface area contributed by atoms with Gasteiger partial charge in [0, 0.05) is 4.88 Å². The zero-order valence-electron chi connectivity index (χ0n) is 14.3. The Hall–Kier alpha value is -2.39. The molecule has 122 valence electrons. The molecule has 0 saturated carbocycles. The molecule has 0 unspecified atom stereocenters. The normalized spacial score (nSPS) is 10.8. The van der Waals surface area contributed by atoms with Crippen LogP contribution in [0.4, 0.5) is 0 Å². The zero-order chi connectivity index (χ0) is 17.4. The number of carboxylic acids is 1. The molecule has 2 aromatic carbocycles. The fourth-order valence-electron chi connectivity index (χ4n) is 3.45. The van der Waals surface area contributed by atoms with Crippen molar-refractivity contribution in [2.45, 2.75) is 27.7 Å². The van der Waals surface area contributed by atoms with Gasteiger partial charge in [-0.05, 0) is 90.2 Å². The van der Waals surface area contributed by atoms with Crippen LogP contribution in [0.3, 0.4) is 0 Å². The van der Waals surface area contributed by atoms with Crippen molar-refractivity contribution >= 4 is 17.3 Å². The first-order valence-corrected chi connectivity index (χ1v) is 8.76. The molecule has 3 heteroatoms. The average molecular weight is 336 g/mol. The molecule has 0 spiro atoms. The van der Waals surface area contributed by atoms with Crippen molar-refractivity contribution in [3.8, 4) is 21.6 Å². The third-order valence-corrected chi connectivity index (χ3v) is 5.29. The minimum Gasteiger partial charge on any atom is -0.478 e. The van der Waals surface area contributed by atoms with Gasteiger partial charge in [-0.2, -0.15) is 0 Å². The third kappa shape index (κ3) is 2.87. The van der Waals surface area contributed by atoms with E-state index < -0.39 is 5.97 Å². The van der Waals surface area contributed by atoms with Crippen LogP contribution < -0.4 is 0 Å². The van der Waals surface area contributed by atoms with Gasteiger partial charge in [0.05, 0.1) is 5.56 Å². The summed E-state index contributed by atoms with van der Waals surface area (Å²) in [5.41, 5.74) is 7.95. The van der Waals surface area contributed by atoms with E-state index >= 15 is 0 Å². The molecule has 0 saturated heterocycles. The Morgan fingerprint density at radius 1 is 0.875 bits per heavy atom. The summed E-state index contributed by atoms with van der Waals surface area (Å²) in [5.74, 6) is -0.863. The largest absolute Gasteiger partial charge is 0.478 e. The summed E-state index contributed by atoms with van der Waals surface area (Å²) < 4.78 is 0. The lowest BCUT2D eigenvalue weighted by atomic mass is 9.89. The van der Waals surface area contributed by atoms with Crippen molar-refractivity contribution in [1.82, 2.24) is 0 Å². The number of aromatic carboxylic acids is 1. The average Bonchev–Trinajstić information content (AvgIpc) is 2.99. The van der Waals surface area contributed by atoms with E-state index in [1.165, 1.54) is 27.1 Å². The van der Waals surface area contributed by atoms with E-state index in [1.807, 2.05) is 26.0 Å². The minimum atomic E-state index is -0.863. The Bertz CT molecular complexity index is 875. The maximum atomic E-state index is 11.4. The monoisotopic (exact) mass is 336 g/mol. The van der Waals surface area contributed by atoms with Crippen LogP contribution in [0.25, 0.3) is 21.6 Å². The van der Waals surface area contributed by atoms with Crippen LogP contribution in [0.5, 0.6) is 0 Å². The van der Waals surface area contributed by atoms with Crippen molar-refractivity contribution < 1.29 is 9.90 Å². The van der Waals surface area contributed by atoms with Gasteiger partial charge in [0.15, 0.2) is 0 Å². The highest BCUT2D eigenvalue weighted by atomic mass is 32.1. The highest BCUT2D eigenvalue weighted by Gasteiger charge is 2.15. The minimum absolute atomic E-state index is 0.407. The maximum absolute atomic E-state index is 11.4. The molecule has 0 bridgehead atoms. The van der Waals surface area contributed by atoms with Crippen molar-refractivity contribution in [1.29, 1.82) is 0 Å². The van der Waals surface area contributed by atoms with Gasteiger partial charge in [-0.15, -0.1) is 11.3 Å². The molecule has 1 N–H and O–H groups in total. The summed E-state index contributed by atoms with van der Waals surface area (Å²) in [6, 6.07) is 12.6. The second kappa shape index (κ2) is 6.25. The predicted octanol–water partition coefficient (Wildman–Crippen LogP) is 6.01. The second-order valence-electron chi connectivity index (χ2n) is 6.25. The summed E-state index contributed by atoms with van der Waals surface area (Å²) in [5, 5.41) is 11.4. The molecule has 0 amide bonds. The Kier molecular flexibility index (Phi) is 4.29. The molecule has 1 aromatic heterocycles. The molecular formula is C21H20O2S. The van der Waals surface area contributed by atoms with E-state index in [1.54, 1.807) is 11.3 Å². The van der Waals surface area contributed by atoms with E-state index in [-0.39, 0.29) is 0 Å². The first kappa shape index (κ1) is 16.5. The number of rotatable bonds is 3. The molecule has 0 atom stereocenters. The molecule has 3 rings (SSSR count). The summed E-state index contributed by atoms with van der Waals surface area (Å²) in [4.78, 5) is 12.7. The second-order valence-corrected chi connectivity index (χ2v) is 7.20. The smallest absolute Gasteiger partial charge is 0.336 e.